The third-order valence-electron chi connectivity index (χ3n) is 6.83. The second-order valence-corrected chi connectivity index (χ2v) is 14.8. The van der Waals surface area contributed by atoms with E-state index in [-0.39, 0.29) is 10.6 Å². The summed E-state index contributed by atoms with van der Waals surface area (Å²) in [5, 5.41) is 11.7. The summed E-state index contributed by atoms with van der Waals surface area (Å²) in [4.78, 5) is 11.5. The van der Waals surface area contributed by atoms with Crippen molar-refractivity contribution in [2.45, 2.75) is 58.0 Å². The van der Waals surface area contributed by atoms with Crippen molar-refractivity contribution in [3.63, 3.8) is 0 Å². The average molecular weight is 533 g/mol. The molecule has 1 N–H and O–H groups in total. The molecule has 6 heteroatoms. The van der Waals surface area contributed by atoms with Gasteiger partial charge in [0.25, 0.3) is 8.32 Å². The molecular formula is C32H40O5Si. The molecule has 3 aromatic carbocycles. The maximum absolute atomic E-state index is 11.5. The minimum Gasteiger partial charge on any atom is -0.478 e. The summed E-state index contributed by atoms with van der Waals surface area (Å²) in [6.07, 6.45) is 1.24. The molecule has 0 bridgehead atoms. The van der Waals surface area contributed by atoms with E-state index < -0.39 is 26.5 Å². The first kappa shape index (κ1) is 29.5. The molecule has 0 amide bonds. The van der Waals surface area contributed by atoms with Gasteiger partial charge in [0.2, 0.25) is 0 Å². The monoisotopic (exact) mass is 532 g/mol. The number of ether oxygens (including phenoxy) is 2. The molecular weight excluding hydrogens is 492 g/mol. The Hall–Kier alpha value is -3.03. The molecule has 3 rings (SSSR count). The molecule has 0 aliphatic carbocycles. The summed E-state index contributed by atoms with van der Waals surface area (Å²) in [7, 11) is -1.12. The fourth-order valence-electron chi connectivity index (χ4n) is 4.85. The molecule has 0 saturated heterocycles. The minimum absolute atomic E-state index is 0.142. The van der Waals surface area contributed by atoms with Gasteiger partial charge in [0.15, 0.2) is 0 Å². The smallest absolute Gasteiger partial charge is 0.331 e. The van der Waals surface area contributed by atoms with Gasteiger partial charge >= 0.3 is 5.97 Å². The fourth-order valence-corrected chi connectivity index (χ4v) is 9.43. The van der Waals surface area contributed by atoms with Crippen LogP contribution in [0.15, 0.2) is 103 Å². The van der Waals surface area contributed by atoms with Gasteiger partial charge in [-0.2, -0.15) is 0 Å². The highest BCUT2D eigenvalue weighted by molar-refractivity contribution is 6.99. The van der Waals surface area contributed by atoms with E-state index in [0.29, 0.717) is 19.6 Å². The van der Waals surface area contributed by atoms with E-state index in [4.69, 9.17) is 13.9 Å². The van der Waals surface area contributed by atoms with E-state index in [0.717, 1.165) is 5.56 Å². The van der Waals surface area contributed by atoms with Gasteiger partial charge in [0, 0.05) is 19.3 Å². The Kier molecular flexibility index (Phi) is 10.6. The molecule has 5 nitrogen and oxygen atoms in total. The summed E-state index contributed by atoms with van der Waals surface area (Å²) in [6.45, 7) is 9.15. The molecule has 0 heterocycles. The third kappa shape index (κ3) is 7.29. The van der Waals surface area contributed by atoms with Gasteiger partial charge in [-0.05, 0) is 40.4 Å². The van der Waals surface area contributed by atoms with Gasteiger partial charge in [0.05, 0.1) is 12.7 Å². The van der Waals surface area contributed by atoms with E-state index in [1.54, 1.807) is 20.1 Å². The lowest BCUT2D eigenvalue weighted by molar-refractivity contribution is -0.132. The molecule has 0 radical (unpaired) electrons. The summed E-state index contributed by atoms with van der Waals surface area (Å²) >= 11 is 0. The lowest BCUT2D eigenvalue weighted by atomic mass is 10.1. The van der Waals surface area contributed by atoms with E-state index in [1.165, 1.54) is 10.4 Å². The van der Waals surface area contributed by atoms with Crippen molar-refractivity contribution in [3.05, 3.63) is 108 Å². The van der Waals surface area contributed by atoms with Crippen molar-refractivity contribution in [1.29, 1.82) is 0 Å². The van der Waals surface area contributed by atoms with Crippen LogP contribution in [0.3, 0.4) is 0 Å². The standard InChI is InChI=1S/C32H40O5Si/c1-25(31(33)34)23-30(35-5)29(36-24-26-15-9-6-10-16-26)21-22-37-38(32(2,3)4,27-17-11-7-12-18-27)28-19-13-8-14-20-28/h6-20,23,29-30H,21-22,24H2,1-5H3,(H,33,34)/b25-23+/t29-,30+/m1/s1. The normalized spacial score (nSPS) is 14.2. The molecule has 0 fully saturated rings. The molecule has 0 saturated carbocycles. The summed E-state index contributed by atoms with van der Waals surface area (Å²) in [5.41, 5.74) is 1.26. The SMILES string of the molecule is CO[C@@H](/C=C(\C)C(=O)O)[C@@H](CCO[Si](c1ccccc1)(c1ccccc1)C(C)(C)C)OCc1ccccc1. The summed E-state index contributed by atoms with van der Waals surface area (Å²) < 4.78 is 19.1. The van der Waals surface area contributed by atoms with Crippen LogP contribution in [0.4, 0.5) is 0 Å². The minimum atomic E-state index is -2.70. The van der Waals surface area contributed by atoms with Gasteiger partial charge < -0.3 is 19.0 Å². The average Bonchev–Trinajstić information content (AvgIpc) is 2.92. The van der Waals surface area contributed by atoms with Gasteiger partial charge in [-0.15, -0.1) is 0 Å². The topological polar surface area (TPSA) is 65.0 Å². The third-order valence-corrected chi connectivity index (χ3v) is 11.9. The van der Waals surface area contributed by atoms with E-state index in [1.807, 2.05) is 42.5 Å². The summed E-state index contributed by atoms with van der Waals surface area (Å²) in [5.74, 6) is -0.975. The number of carboxylic acids is 1. The molecule has 202 valence electrons. The van der Waals surface area contributed by atoms with Gasteiger partial charge in [-0.25, -0.2) is 4.79 Å². The van der Waals surface area contributed by atoms with Crippen LogP contribution in [0.25, 0.3) is 0 Å². The lowest BCUT2D eigenvalue weighted by Crippen LogP contribution is -2.66. The van der Waals surface area contributed by atoms with Crippen molar-refractivity contribution >= 4 is 24.7 Å². The number of aliphatic carboxylic acids is 1. The van der Waals surface area contributed by atoms with Gasteiger partial charge in [-0.1, -0.05) is 112 Å². The van der Waals surface area contributed by atoms with E-state index >= 15 is 0 Å². The van der Waals surface area contributed by atoms with Crippen molar-refractivity contribution in [3.8, 4) is 0 Å². The quantitative estimate of drug-likeness (QED) is 0.230. The van der Waals surface area contributed by atoms with Crippen LogP contribution < -0.4 is 10.4 Å². The highest BCUT2D eigenvalue weighted by atomic mass is 28.4. The van der Waals surface area contributed by atoms with Crippen LogP contribution in [0.2, 0.25) is 5.04 Å². The molecule has 3 aromatic rings. The van der Waals surface area contributed by atoms with Crippen molar-refractivity contribution in [1.82, 2.24) is 0 Å². The largest absolute Gasteiger partial charge is 0.478 e. The first-order valence-electron chi connectivity index (χ1n) is 13.0. The zero-order valence-corrected chi connectivity index (χ0v) is 24.1. The van der Waals surface area contributed by atoms with Crippen molar-refractivity contribution in [2.75, 3.05) is 13.7 Å². The molecule has 0 aliphatic heterocycles. The Labute approximate surface area is 228 Å². The number of rotatable bonds is 13. The maximum atomic E-state index is 11.5. The van der Waals surface area contributed by atoms with Crippen LogP contribution in [-0.2, 0) is 25.3 Å². The number of carboxylic acid groups (broad SMARTS) is 1. The Morgan fingerprint density at radius 2 is 1.39 bits per heavy atom. The lowest BCUT2D eigenvalue weighted by Gasteiger charge is -2.43. The summed E-state index contributed by atoms with van der Waals surface area (Å²) in [6, 6.07) is 31.0. The predicted octanol–water partition coefficient (Wildman–Crippen LogP) is 5.58. The second-order valence-electron chi connectivity index (χ2n) is 10.5. The number of hydrogen-bond acceptors (Lipinski definition) is 4. The fraction of sp³-hybridized carbons (Fsp3) is 0.344. The van der Waals surface area contributed by atoms with Crippen molar-refractivity contribution in [2.24, 2.45) is 0 Å². The number of benzene rings is 3. The highest BCUT2D eigenvalue weighted by Crippen LogP contribution is 2.37. The van der Waals surface area contributed by atoms with Crippen LogP contribution in [0.1, 0.15) is 39.7 Å². The van der Waals surface area contributed by atoms with Crippen LogP contribution in [-0.4, -0.2) is 45.3 Å². The zero-order chi connectivity index (χ0) is 27.6. The first-order chi connectivity index (χ1) is 18.2. The van der Waals surface area contributed by atoms with Gasteiger partial charge in [0.1, 0.15) is 6.10 Å². The van der Waals surface area contributed by atoms with Crippen molar-refractivity contribution < 1.29 is 23.8 Å². The number of methoxy groups -OCH3 is 1. The maximum Gasteiger partial charge on any atom is 0.331 e. The van der Waals surface area contributed by atoms with Crippen LogP contribution in [0, 0.1) is 0 Å². The predicted molar refractivity (Wildman–Crippen MR) is 155 cm³/mol. The molecule has 2 atom stereocenters. The highest BCUT2D eigenvalue weighted by Gasteiger charge is 2.50. The second kappa shape index (κ2) is 13.7. The van der Waals surface area contributed by atoms with Crippen LogP contribution in [0.5, 0.6) is 0 Å². The molecule has 38 heavy (non-hydrogen) atoms. The Balaban J connectivity index is 1.92. The van der Waals surface area contributed by atoms with E-state index in [9.17, 15) is 9.90 Å². The zero-order valence-electron chi connectivity index (χ0n) is 23.1. The molecule has 0 spiro atoms. The Morgan fingerprint density at radius 1 is 0.895 bits per heavy atom. The molecule has 0 aromatic heterocycles. The first-order valence-corrected chi connectivity index (χ1v) is 14.9. The molecule has 0 unspecified atom stereocenters. The van der Waals surface area contributed by atoms with Crippen LogP contribution >= 0.6 is 0 Å². The van der Waals surface area contributed by atoms with E-state index in [2.05, 4.69) is 69.3 Å². The Bertz CT molecular complexity index is 1120. The van der Waals surface area contributed by atoms with Gasteiger partial charge in [-0.3, -0.25) is 0 Å². The molecule has 0 aliphatic rings. The number of hydrogen-bond donors (Lipinski definition) is 1. The number of carbonyl (C=O) groups is 1. The Morgan fingerprint density at radius 3 is 1.84 bits per heavy atom.